The maximum absolute atomic E-state index is 11.0. The van der Waals surface area contributed by atoms with Crippen LogP contribution in [0, 0.1) is 0 Å². The van der Waals surface area contributed by atoms with Gasteiger partial charge in [-0.3, -0.25) is 4.79 Å². The summed E-state index contributed by atoms with van der Waals surface area (Å²) < 4.78 is 1.73. The molecular weight excluding hydrogens is 214 g/mol. The van der Waals surface area contributed by atoms with Crippen LogP contribution in [0.4, 0.5) is 0 Å². The minimum atomic E-state index is -0.781. The highest BCUT2D eigenvalue weighted by Crippen LogP contribution is 2.24. The maximum atomic E-state index is 11.0. The summed E-state index contributed by atoms with van der Waals surface area (Å²) in [6.07, 6.45) is 4.16. The summed E-state index contributed by atoms with van der Waals surface area (Å²) in [6.45, 7) is 2.05. The molecule has 1 aromatic heterocycles. The summed E-state index contributed by atoms with van der Waals surface area (Å²) in [5.74, 6) is -0.781. The molecule has 0 aromatic carbocycles. The van der Waals surface area contributed by atoms with Gasteiger partial charge in [0.15, 0.2) is 5.16 Å². The average Bonchev–Trinajstić information content (AvgIpc) is 2.58. The Kier molecular flexibility index (Phi) is 4.61. The molecule has 1 N–H and O–H groups in total. The van der Waals surface area contributed by atoms with E-state index in [2.05, 4.69) is 10.2 Å². The highest BCUT2D eigenvalue weighted by Gasteiger charge is 2.20. The van der Waals surface area contributed by atoms with Gasteiger partial charge in [0.1, 0.15) is 11.6 Å². The van der Waals surface area contributed by atoms with Gasteiger partial charge in [0.25, 0.3) is 0 Å². The molecule has 5 nitrogen and oxygen atoms in total. The summed E-state index contributed by atoms with van der Waals surface area (Å²) in [4.78, 5) is 11.0. The number of carbonyl (C=O) groups is 1. The van der Waals surface area contributed by atoms with Crippen molar-refractivity contribution < 1.29 is 9.90 Å². The van der Waals surface area contributed by atoms with E-state index in [9.17, 15) is 4.79 Å². The molecule has 6 heteroatoms. The van der Waals surface area contributed by atoms with Gasteiger partial charge in [-0.2, -0.15) is 0 Å². The fraction of sp³-hybridized carbons (Fsp3) is 0.667. The molecule has 0 saturated carbocycles. The van der Waals surface area contributed by atoms with Gasteiger partial charge in [0.2, 0.25) is 0 Å². The Labute approximate surface area is 92.9 Å². The Morgan fingerprint density at radius 2 is 2.47 bits per heavy atom. The molecule has 0 amide bonds. The summed E-state index contributed by atoms with van der Waals surface area (Å²) in [5.41, 5.74) is 0. The third-order valence-corrected chi connectivity index (χ3v) is 3.32. The zero-order valence-electron chi connectivity index (χ0n) is 8.88. The fourth-order valence-corrected chi connectivity index (χ4v) is 2.08. The first-order valence-electron chi connectivity index (χ1n) is 4.88. The number of aliphatic carboxylic acids is 1. The third kappa shape index (κ3) is 3.54. The van der Waals surface area contributed by atoms with Crippen LogP contribution < -0.4 is 0 Å². The van der Waals surface area contributed by atoms with Crippen molar-refractivity contribution >= 4 is 17.7 Å². The van der Waals surface area contributed by atoms with E-state index in [-0.39, 0.29) is 0 Å². The Bertz CT molecular complexity index is 327. The SMILES string of the molecule is CCCCC(Sc1nncn1C)C(=O)O. The second kappa shape index (κ2) is 5.75. The molecule has 1 unspecified atom stereocenters. The van der Waals surface area contributed by atoms with Crippen LogP contribution in [0.1, 0.15) is 26.2 Å². The van der Waals surface area contributed by atoms with Crippen molar-refractivity contribution in [3.05, 3.63) is 6.33 Å². The predicted molar refractivity (Wildman–Crippen MR) is 57.8 cm³/mol. The molecule has 0 fully saturated rings. The van der Waals surface area contributed by atoms with Gasteiger partial charge in [-0.15, -0.1) is 10.2 Å². The lowest BCUT2D eigenvalue weighted by Gasteiger charge is -2.09. The van der Waals surface area contributed by atoms with Gasteiger partial charge < -0.3 is 9.67 Å². The number of thioether (sulfide) groups is 1. The maximum Gasteiger partial charge on any atom is 0.317 e. The Morgan fingerprint density at radius 3 is 2.93 bits per heavy atom. The second-order valence-electron chi connectivity index (χ2n) is 3.31. The molecule has 1 atom stereocenters. The molecule has 1 aromatic rings. The minimum Gasteiger partial charge on any atom is -0.480 e. The number of carboxylic acids is 1. The molecule has 0 aliphatic rings. The number of hydrogen-bond donors (Lipinski definition) is 1. The minimum absolute atomic E-state index is 0.423. The van der Waals surface area contributed by atoms with E-state index in [4.69, 9.17) is 5.11 Å². The van der Waals surface area contributed by atoms with Crippen molar-refractivity contribution in [3.8, 4) is 0 Å². The van der Waals surface area contributed by atoms with Crippen molar-refractivity contribution in [3.63, 3.8) is 0 Å². The monoisotopic (exact) mass is 229 g/mol. The Morgan fingerprint density at radius 1 is 1.73 bits per heavy atom. The van der Waals surface area contributed by atoms with Gasteiger partial charge in [-0.05, 0) is 6.42 Å². The lowest BCUT2D eigenvalue weighted by molar-refractivity contribution is -0.136. The molecule has 0 aliphatic carbocycles. The molecule has 0 aliphatic heterocycles. The van der Waals surface area contributed by atoms with Crippen LogP contribution in [0.3, 0.4) is 0 Å². The molecule has 0 spiro atoms. The van der Waals surface area contributed by atoms with E-state index in [1.807, 2.05) is 6.92 Å². The summed E-state index contributed by atoms with van der Waals surface area (Å²) in [6, 6.07) is 0. The number of rotatable bonds is 6. The van der Waals surface area contributed by atoms with E-state index in [0.717, 1.165) is 12.8 Å². The quantitative estimate of drug-likeness (QED) is 0.749. The van der Waals surface area contributed by atoms with Crippen LogP contribution in [0.15, 0.2) is 11.5 Å². The highest BCUT2D eigenvalue weighted by molar-refractivity contribution is 8.00. The van der Waals surface area contributed by atoms with E-state index < -0.39 is 11.2 Å². The third-order valence-electron chi connectivity index (χ3n) is 2.01. The van der Waals surface area contributed by atoms with Crippen LogP contribution in [0.2, 0.25) is 0 Å². The van der Waals surface area contributed by atoms with Gasteiger partial charge in [-0.1, -0.05) is 31.5 Å². The van der Waals surface area contributed by atoms with Crippen LogP contribution in [0.5, 0.6) is 0 Å². The largest absolute Gasteiger partial charge is 0.480 e. The number of aromatic nitrogens is 3. The molecule has 84 valence electrons. The first kappa shape index (κ1) is 12.0. The van der Waals surface area contributed by atoms with E-state index in [1.54, 1.807) is 17.9 Å². The van der Waals surface area contributed by atoms with E-state index in [1.165, 1.54) is 11.8 Å². The first-order valence-corrected chi connectivity index (χ1v) is 5.76. The van der Waals surface area contributed by atoms with Gasteiger partial charge in [0, 0.05) is 7.05 Å². The predicted octanol–water partition coefficient (Wildman–Crippen LogP) is 1.55. The topological polar surface area (TPSA) is 68.0 Å². The van der Waals surface area contributed by atoms with Crippen LogP contribution in [0.25, 0.3) is 0 Å². The van der Waals surface area contributed by atoms with Crippen molar-refractivity contribution in [1.29, 1.82) is 0 Å². The fourth-order valence-electron chi connectivity index (χ4n) is 1.13. The Hall–Kier alpha value is -1.04. The first-order chi connectivity index (χ1) is 7.15. The van der Waals surface area contributed by atoms with Crippen LogP contribution in [-0.4, -0.2) is 31.1 Å². The van der Waals surface area contributed by atoms with Crippen molar-refractivity contribution in [2.75, 3.05) is 0 Å². The molecule has 15 heavy (non-hydrogen) atoms. The van der Waals surface area contributed by atoms with Crippen LogP contribution in [-0.2, 0) is 11.8 Å². The number of aryl methyl sites for hydroxylation is 1. The Balaban J connectivity index is 2.59. The van der Waals surface area contributed by atoms with Crippen molar-refractivity contribution in [2.45, 2.75) is 36.6 Å². The summed E-state index contributed by atoms with van der Waals surface area (Å²) in [7, 11) is 1.81. The van der Waals surface area contributed by atoms with Gasteiger partial charge >= 0.3 is 5.97 Å². The molecule has 1 heterocycles. The van der Waals surface area contributed by atoms with E-state index in [0.29, 0.717) is 11.6 Å². The summed E-state index contributed by atoms with van der Waals surface area (Å²) in [5, 5.41) is 16.8. The zero-order valence-corrected chi connectivity index (χ0v) is 9.70. The smallest absolute Gasteiger partial charge is 0.317 e. The second-order valence-corrected chi connectivity index (χ2v) is 4.48. The molecule has 0 radical (unpaired) electrons. The number of carboxylic acid groups (broad SMARTS) is 1. The van der Waals surface area contributed by atoms with Crippen molar-refractivity contribution in [2.24, 2.45) is 7.05 Å². The molecular formula is C9H15N3O2S. The van der Waals surface area contributed by atoms with E-state index >= 15 is 0 Å². The molecule has 0 saturated heterocycles. The number of hydrogen-bond acceptors (Lipinski definition) is 4. The van der Waals surface area contributed by atoms with Crippen LogP contribution >= 0.6 is 11.8 Å². The molecule has 1 rings (SSSR count). The van der Waals surface area contributed by atoms with Crippen molar-refractivity contribution in [1.82, 2.24) is 14.8 Å². The number of nitrogens with zero attached hydrogens (tertiary/aromatic N) is 3. The normalized spacial score (nSPS) is 12.7. The van der Waals surface area contributed by atoms with Gasteiger partial charge in [0.05, 0.1) is 0 Å². The number of unbranched alkanes of at least 4 members (excludes halogenated alkanes) is 1. The van der Waals surface area contributed by atoms with Gasteiger partial charge in [-0.25, -0.2) is 0 Å². The zero-order chi connectivity index (χ0) is 11.3. The lowest BCUT2D eigenvalue weighted by atomic mass is 10.2. The molecule has 0 bridgehead atoms. The average molecular weight is 229 g/mol. The standard InChI is InChI=1S/C9H15N3O2S/c1-3-4-5-7(8(13)14)15-9-11-10-6-12(9)2/h6-7H,3-5H2,1-2H3,(H,13,14). The lowest BCUT2D eigenvalue weighted by Crippen LogP contribution is -2.16. The summed E-state index contributed by atoms with van der Waals surface area (Å²) >= 11 is 1.26. The highest BCUT2D eigenvalue weighted by atomic mass is 32.2.